The molecule has 6 aromatic carbocycles. The number of hydrogen-bond acceptors (Lipinski definition) is 0. The van der Waals surface area contributed by atoms with Gasteiger partial charge in [0, 0.05) is 0 Å². The molecule has 0 unspecified atom stereocenters. The fourth-order valence-electron chi connectivity index (χ4n) is 7.69. The number of rotatable bonds is 15. The second-order valence-electron chi connectivity index (χ2n) is 12.6. The van der Waals surface area contributed by atoms with E-state index in [9.17, 15) is 0 Å². The van der Waals surface area contributed by atoms with Gasteiger partial charge in [-0.2, -0.15) is 0 Å². The van der Waals surface area contributed by atoms with Crippen molar-refractivity contribution in [1.82, 2.24) is 0 Å². The molecule has 6 rings (SSSR count). The van der Waals surface area contributed by atoms with Gasteiger partial charge in [0.15, 0.2) is 0 Å². The van der Waals surface area contributed by atoms with Gasteiger partial charge in [-0.25, -0.2) is 0 Å². The third-order valence-electron chi connectivity index (χ3n) is 9.95. The van der Waals surface area contributed by atoms with Gasteiger partial charge in [-0.05, 0) is 0 Å². The van der Waals surface area contributed by atoms with Crippen LogP contribution in [0.2, 0.25) is 8.87 Å². The second kappa shape index (κ2) is 16.7. The van der Waals surface area contributed by atoms with Crippen molar-refractivity contribution in [2.75, 3.05) is 0 Å². The Kier molecular flexibility index (Phi) is 11.9. The van der Waals surface area contributed by atoms with E-state index in [0.717, 1.165) is 0 Å². The molecule has 0 nitrogen and oxygen atoms in total. The third kappa shape index (κ3) is 7.39. The van der Waals surface area contributed by atoms with E-state index in [-0.39, 0.29) is 0 Å². The Bertz CT molecular complexity index is 1380. The molecule has 0 spiro atoms. The molecular weight excluding hydrogens is 766 g/mol. The van der Waals surface area contributed by atoms with Crippen LogP contribution in [0.4, 0.5) is 0 Å². The summed E-state index contributed by atoms with van der Waals surface area (Å²) in [5.41, 5.74) is 0. The van der Waals surface area contributed by atoms with Gasteiger partial charge >= 0.3 is 288 Å². The second-order valence-corrected chi connectivity index (χ2v) is 35.7. The molecule has 0 aromatic heterocycles. The maximum atomic E-state index is 2.42. The predicted molar refractivity (Wildman–Crippen MR) is 205 cm³/mol. The minimum absolute atomic E-state index is 1.30. The summed E-state index contributed by atoms with van der Waals surface area (Å²) < 4.78 is 12.2. The molecule has 0 fully saturated rings. The Morgan fingerprint density at radius 2 is 0.391 bits per heavy atom. The topological polar surface area (TPSA) is 0 Å². The first-order valence-electron chi connectivity index (χ1n) is 17.2. The van der Waals surface area contributed by atoms with Crippen LogP contribution in [0.3, 0.4) is 0 Å². The predicted octanol–water partition coefficient (Wildman–Crippen LogP) is 7.67. The Morgan fingerprint density at radius 3 is 0.587 bits per heavy atom. The van der Waals surface area contributed by atoms with Crippen molar-refractivity contribution < 1.29 is 0 Å². The van der Waals surface area contributed by atoms with Crippen molar-refractivity contribution >= 4 is 58.2 Å². The molecule has 230 valence electrons. The van der Waals surface area contributed by atoms with Gasteiger partial charge in [0.25, 0.3) is 0 Å². The van der Waals surface area contributed by atoms with E-state index < -0.39 is 36.8 Å². The Morgan fingerprint density at radius 1 is 0.217 bits per heavy atom. The average molecular weight is 812 g/mol. The zero-order chi connectivity index (χ0) is 31.3. The van der Waals surface area contributed by atoms with Gasteiger partial charge in [0.1, 0.15) is 0 Å². The molecule has 0 bridgehead atoms. The first kappa shape index (κ1) is 32.8. The fraction of sp³-hybridized carbons (Fsp3) is 0.182. The summed E-state index contributed by atoms with van der Waals surface area (Å²) in [5, 5.41) is 0. The summed E-state index contributed by atoms with van der Waals surface area (Å²) in [6.45, 7) is 0. The summed E-state index contributed by atoms with van der Waals surface area (Å²) in [6.07, 6.45) is 7.88. The van der Waals surface area contributed by atoms with Crippen LogP contribution in [0.25, 0.3) is 0 Å². The van der Waals surface area contributed by atoms with Crippen LogP contribution in [-0.4, -0.2) is 36.8 Å². The molecule has 2 heteroatoms. The van der Waals surface area contributed by atoms with Gasteiger partial charge in [-0.15, -0.1) is 0 Å². The molecule has 0 saturated heterocycles. The zero-order valence-corrected chi connectivity index (χ0v) is 32.7. The molecule has 0 radical (unpaired) electrons. The number of hydrogen-bond donors (Lipinski definition) is 0. The van der Waals surface area contributed by atoms with E-state index >= 15 is 0 Å². The molecule has 0 heterocycles. The van der Waals surface area contributed by atoms with Crippen LogP contribution in [0.5, 0.6) is 0 Å². The summed E-state index contributed by atoms with van der Waals surface area (Å²) in [7, 11) is 0. The van der Waals surface area contributed by atoms with E-state index in [1.807, 2.05) is 0 Å². The van der Waals surface area contributed by atoms with Crippen LogP contribution < -0.4 is 21.5 Å². The monoisotopic (exact) mass is 814 g/mol. The molecule has 6 aromatic rings. The minimum atomic E-state index is -3.15. The molecule has 0 saturated carbocycles. The van der Waals surface area contributed by atoms with Crippen LogP contribution in [0.1, 0.15) is 38.5 Å². The van der Waals surface area contributed by atoms with Crippen molar-refractivity contribution in [2.24, 2.45) is 0 Å². The van der Waals surface area contributed by atoms with Crippen LogP contribution in [-0.2, 0) is 0 Å². The molecule has 0 aliphatic carbocycles. The summed E-state index contributed by atoms with van der Waals surface area (Å²) >= 11 is -6.29. The zero-order valence-electron chi connectivity index (χ0n) is 27.0. The summed E-state index contributed by atoms with van der Waals surface area (Å²) in [4.78, 5) is 0. The molecule has 0 aliphatic heterocycles. The van der Waals surface area contributed by atoms with Crippen LogP contribution >= 0.6 is 0 Å². The molecule has 0 amide bonds. The summed E-state index contributed by atoms with van der Waals surface area (Å²) in [6, 6.07) is 69.0. The van der Waals surface area contributed by atoms with Crippen molar-refractivity contribution in [3.8, 4) is 0 Å². The van der Waals surface area contributed by atoms with Crippen LogP contribution in [0.15, 0.2) is 182 Å². The van der Waals surface area contributed by atoms with E-state index in [0.29, 0.717) is 0 Å². The van der Waals surface area contributed by atoms with Gasteiger partial charge in [-0.3, -0.25) is 0 Å². The molecular formula is C44H46Sn2. The van der Waals surface area contributed by atoms with Crippen LogP contribution in [0, 0.1) is 0 Å². The van der Waals surface area contributed by atoms with Gasteiger partial charge in [0.2, 0.25) is 0 Å². The first-order valence-corrected chi connectivity index (χ1v) is 29.8. The van der Waals surface area contributed by atoms with Crippen molar-refractivity contribution in [2.45, 2.75) is 47.4 Å². The van der Waals surface area contributed by atoms with Gasteiger partial charge < -0.3 is 0 Å². The van der Waals surface area contributed by atoms with Crippen molar-refractivity contribution in [3.05, 3.63) is 182 Å². The van der Waals surface area contributed by atoms with E-state index in [2.05, 4.69) is 182 Å². The average Bonchev–Trinajstić information content (AvgIpc) is 3.15. The maximum absolute atomic E-state index is 3.15. The quantitative estimate of drug-likeness (QED) is 0.0739. The fourth-order valence-corrected chi connectivity index (χ4v) is 35.8. The molecule has 0 atom stereocenters. The van der Waals surface area contributed by atoms with Crippen molar-refractivity contribution in [3.63, 3.8) is 0 Å². The van der Waals surface area contributed by atoms with Crippen molar-refractivity contribution in [1.29, 1.82) is 0 Å². The molecule has 46 heavy (non-hydrogen) atoms. The summed E-state index contributed by atoms with van der Waals surface area (Å²) in [5.74, 6) is 0. The number of unbranched alkanes of at least 4 members (excludes halogenated alkanes) is 5. The van der Waals surface area contributed by atoms with E-state index in [1.54, 1.807) is 21.5 Å². The third-order valence-corrected chi connectivity index (χ3v) is 38.8. The Hall–Kier alpha value is -3.08. The van der Waals surface area contributed by atoms with Gasteiger partial charge in [0.05, 0.1) is 0 Å². The molecule has 0 aliphatic rings. The van der Waals surface area contributed by atoms with E-state index in [1.165, 1.54) is 47.4 Å². The normalized spacial score (nSPS) is 11.7. The van der Waals surface area contributed by atoms with E-state index in [4.69, 9.17) is 0 Å². The first-order chi connectivity index (χ1) is 22.8. The molecule has 0 N–H and O–H groups in total. The Balaban J connectivity index is 1.14. The number of benzene rings is 6. The Labute approximate surface area is 285 Å². The SMILES string of the molecule is c1cc[c]([Sn]([CH2]CCCCCC[CH2][Sn]([c]2ccccc2)([c]2ccccc2)[c]2ccccc2)([c]2ccccc2)[c]2ccccc2)cc1. The standard InChI is InChI=1S/C8H16.6C6H5.2Sn/c1-3-5-7-8-6-4-2;6*1-2-4-6-5-3-1;;/h1-8H2;6*1-5H;;. The van der Waals surface area contributed by atoms with Gasteiger partial charge in [-0.1, -0.05) is 0 Å².